The van der Waals surface area contributed by atoms with Gasteiger partial charge < -0.3 is 24.0 Å². The molecule has 0 spiro atoms. The highest BCUT2D eigenvalue weighted by Crippen LogP contribution is 2.51. The molecule has 1 heterocycles. The number of ether oxygens (including phenoxy) is 3. The molecule has 0 radical (unpaired) electrons. The molecule has 192 valence electrons. The minimum Gasteiger partial charge on any atom is -0.497 e. The molecular formula is C28H40N2O5. The average Bonchev–Trinajstić information content (AvgIpc) is 2.79. The Labute approximate surface area is 209 Å². The number of esters is 1. The van der Waals surface area contributed by atoms with Crippen LogP contribution in [0.25, 0.3) is 0 Å². The Kier molecular flexibility index (Phi) is 8.00. The van der Waals surface area contributed by atoms with Crippen molar-refractivity contribution in [3.63, 3.8) is 0 Å². The lowest BCUT2D eigenvalue weighted by Gasteiger charge is -2.55. The number of allylic oxidation sites excluding steroid dienone is 2. The normalized spacial score (nSPS) is 26.8. The first-order valence-electron chi connectivity index (χ1n) is 12.2. The van der Waals surface area contributed by atoms with E-state index in [9.17, 15) is 9.59 Å². The predicted molar refractivity (Wildman–Crippen MR) is 136 cm³/mol. The fourth-order valence-electron chi connectivity index (χ4n) is 5.21. The van der Waals surface area contributed by atoms with Gasteiger partial charge in [-0.25, -0.2) is 9.59 Å². The van der Waals surface area contributed by atoms with Crippen molar-refractivity contribution in [1.82, 2.24) is 9.80 Å². The van der Waals surface area contributed by atoms with E-state index < -0.39 is 16.6 Å². The largest absolute Gasteiger partial charge is 0.497 e. The van der Waals surface area contributed by atoms with Crippen LogP contribution in [-0.2, 0) is 14.2 Å². The molecule has 1 fully saturated rings. The average molecular weight is 485 g/mol. The second-order valence-electron chi connectivity index (χ2n) is 11.1. The summed E-state index contributed by atoms with van der Waals surface area (Å²) in [5.74, 6) is 0.229. The third-order valence-corrected chi connectivity index (χ3v) is 6.86. The van der Waals surface area contributed by atoms with Crippen molar-refractivity contribution in [2.24, 2.45) is 11.3 Å². The highest BCUT2D eigenvalue weighted by atomic mass is 16.6. The van der Waals surface area contributed by atoms with E-state index in [1.807, 2.05) is 59.1 Å². The molecule has 2 aliphatic rings. The van der Waals surface area contributed by atoms with Crippen molar-refractivity contribution < 1.29 is 23.8 Å². The molecule has 1 aromatic rings. The highest BCUT2D eigenvalue weighted by Gasteiger charge is 2.58. The van der Waals surface area contributed by atoms with E-state index in [-0.39, 0.29) is 18.0 Å². The number of amides is 1. The van der Waals surface area contributed by atoms with Gasteiger partial charge in [0.2, 0.25) is 0 Å². The zero-order valence-corrected chi connectivity index (χ0v) is 22.2. The Hall–Kier alpha value is -2.80. The van der Waals surface area contributed by atoms with Crippen LogP contribution in [0.2, 0.25) is 0 Å². The summed E-state index contributed by atoms with van der Waals surface area (Å²) in [6.07, 6.45) is 6.94. The molecule has 0 aromatic heterocycles. The van der Waals surface area contributed by atoms with Crippen LogP contribution in [-0.4, -0.2) is 73.9 Å². The molecule has 3 rings (SSSR count). The lowest BCUT2D eigenvalue weighted by Crippen LogP contribution is -2.64. The van der Waals surface area contributed by atoms with Gasteiger partial charge in [-0.2, -0.15) is 0 Å². The van der Waals surface area contributed by atoms with Crippen LogP contribution in [0, 0.1) is 11.3 Å². The van der Waals surface area contributed by atoms with Crippen molar-refractivity contribution in [3.8, 4) is 0 Å². The van der Waals surface area contributed by atoms with E-state index >= 15 is 0 Å². The smallest absolute Gasteiger partial charge is 0.410 e. The Morgan fingerprint density at radius 2 is 1.86 bits per heavy atom. The maximum atomic E-state index is 13.5. The van der Waals surface area contributed by atoms with Crippen LogP contribution >= 0.6 is 0 Å². The molecular weight excluding hydrogens is 444 g/mol. The standard InChI is InChI=1S/C28H40N2O5/c1-26(2,3)35-25(32)30-17-16-28(22(20-30)19-29(5)6,27(4)15-11-14-23(18-27)33-7)34-24(31)21-12-9-8-10-13-21/h8-14,18,22H,15-17,19-20H2,1-7H3/t22-,27?,28+/m1/s1. The van der Waals surface area contributed by atoms with Crippen LogP contribution in [0.15, 0.2) is 54.3 Å². The molecule has 0 bridgehead atoms. The van der Waals surface area contributed by atoms with E-state index in [0.29, 0.717) is 38.0 Å². The van der Waals surface area contributed by atoms with Crippen molar-refractivity contribution >= 4 is 12.1 Å². The van der Waals surface area contributed by atoms with Crippen LogP contribution in [0.5, 0.6) is 0 Å². The molecule has 1 saturated heterocycles. The first-order chi connectivity index (χ1) is 16.4. The van der Waals surface area contributed by atoms with Crippen LogP contribution in [0.1, 0.15) is 50.9 Å². The van der Waals surface area contributed by atoms with Gasteiger partial charge in [-0.05, 0) is 65.6 Å². The van der Waals surface area contributed by atoms with E-state index in [0.717, 1.165) is 5.76 Å². The van der Waals surface area contributed by atoms with Crippen molar-refractivity contribution in [1.29, 1.82) is 0 Å². The first kappa shape index (κ1) is 26.8. The third kappa shape index (κ3) is 6.07. The first-order valence-corrected chi connectivity index (χ1v) is 12.2. The molecule has 0 N–H and O–H groups in total. The van der Waals surface area contributed by atoms with Crippen molar-refractivity contribution in [2.75, 3.05) is 40.8 Å². The molecule has 1 aliphatic carbocycles. The predicted octanol–water partition coefficient (Wildman–Crippen LogP) is 4.90. The Morgan fingerprint density at radius 1 is 1.17 bits per heavy atom. The summed E-state index contributed by atoms with van der Waals surface area (Å²) in [5, 5.41) is 0. The van der Waals surface area contributed by atoms with E-state index in [2.05, 4.69) is 24.0 Å². The van der Waals surface area contributed by atoms with Gasteiger partial charge >= 0.3 is 12.1 Å². The number of hydrogen-bond donors (Lipinski definition) is 0. The van der Waals surface area contributed by atoms with Gasteiger partial charge in [-0.3, -0.25) is 0 Å². The quantitative estimate of drug-likeness (QED) is 0.535. The summed E-state index contributed by atoms with van der Waals surface area (Å²) in [6.45, 7) is 9.21. The Balaban J connectivity index is 2.04. The number of likely N-dealkylation sites (tertiary alicyclic amines) is 1. The number of nitrogens with zero attached hydrogens (tertiary/aromatic N) is 2. The van der Waals surface area contributed by atoms with Crippen LogP contribution in [0.3, 0.4) is 0 Å². The maximum absolute atomic E-state index is 13.5. The van der Waals surface area contributed by atoms with E-state index in [1.165, 1.54) is 0 Å². The summed E-state index contributed by atoms with van der Waals surface area (Å²) in [4.78, 5) is 30.3. The summed E-state index contributed by atoms with van der Waals surface area (Å²) < 4.78 is 17.8. The molecule has 3 atom stereocenters. The van der Waals surface area contributed by atoms with Crippen molar-refractivity contribution in [3.05, 3.63) is 59.9 Å². The zero-order valence-electron chi connectivity index (χ0n) is 22.2. The molecule has 1 aromatic carbocycles. The van der Waals surface area contributed by atoms with Gasteiger partial charge in [0.1, 0.15) is 17.0 Å². The summed E-state index contributed by atoms with van der Waals surface area (Å²) in [5.41, 5.74) is -1.47. The minimum atomic E-state index is -0.864. The second-order valence-corrected chi connectivity index (χ2v) is 11.1. The minimum absolute atomic E-state index is 0.155. The number of rotatable bonds is 6. The maximum Gasteiger partial charge on any atom is 0.410 e. The molecule has 7 heteroatoms. The third-order valence-electron chi connectivity index (χ3n) is 6.86. The second kappa shape index (κ2) is 10.4. The summed E-state index contributed by atoms with van der Waals surface area (Å²) in [7, 11) is 5.64. The lowest BCUT2D eigenvalue weighted by molar-refractivity contribution is -0.146. The fourth-order valence-corrected chi connectivity index (χ4v) is 5.21. The highest BCUT2D eigenvalue weighted by molar-refractivity contribution is 5.89. The lowest BCUT2D eigenvalue weighted by atomic mass is 9.60. The van der Waals surface area contributed by atoms with E-state index in [4.69, 9.17) is 14.2 Å². The van der Waals surface area contributed by atoms with Crippen LogP contribution < -0.4 is 0 Å². The topological polar surface area (TPSA) is 68.3 Å². The Morgan fingerprint density at radius 3 is 2.46 bits per heavy atom. The molecule has 1 unspecified atom stereocenters. The monoisotopic (exact) mass is 484 g/mol. The number of piperidine rings is 1. The fraction of sp³-hybridized carbons (Fsp3) is 0.571. The van der Waals surface area contributed by atoms with Gasteiger partial charge in [-0.15, -0.1) is 0 Å². The number of benzene rings is 1. The number of carbonyl (C=O) groups is 2. The molecule has 7 nitrogen and oxygen atoms in total. The van der Waals surface area contributed by atoms with Gasteiger partial charge in [-0.1, -0.05) is 31.2 Å². The molecule has 1 amide bonds. The van der Waals surface area contributed by atoms with Gasteiger partial charge in [0.05, 0.1) is 12.7 Å². The SMILES string of the molecule is COC1=CC(C)([C@]2(OC(=O)c3ccccc3)CCN(C(=O)OC(C)(C)C)C[C@H]2CN(C)C)CC=C1. The van der Waals surface area contributed by atoms with E-state index in [1.54, 1.807) is 24.1 Å². The summed E-state index contributed by atoms with van der Waals surface area (Å²) >= 11 is 0. The summed E-state index contributed by atoms with van der Waals surface area (Å²) in [6, 6.07) is 9.08. The van der Waals surface area contributed by atoms with Gasteiger partial charge in [0.15, 0.2) is 0 Å². The van der Waals surface area contributed by atoms with Crippen LogP contribution in [0.4, 0.5) is 4.79 Å². The molecule has 0 saturated carbocycles. The molecule has 35 heavy (non-hydrogen) atoms. The number of carbonyl (C=O) groups excluding carboxylic acids is 2. The zero-order chi connectivity index (χ0) is 25.9. The number of methoxy groups -OCH3 is 1. The Bertz CT molecular complexity index is 965. The molecule has 1 aliphatic heterocycles. The number of hydrogen-bond acceptors (Lipinski definition) is 6. The van der Waals surface area contributed by atoms with Gasteiger partial charge in [0, 0.05) is 37.4 Å². The van der Waals surface area contributed by atoms with Gasteiger partial charge in [0.25, 0.3) is 0 Å². The van der Waals surface area contributed by atoms with Crippen molar-refractivity contribution in [2.45, 2.75) is 51.7 Å².